The average Bonchev–Trinajstić information content (AvgIpc) is 2.37. The molecule has 0 bridgehead atoms. The maximum absolute atomic E-state index is 14.4. The molecule has 19 heavy (non-hydrogen) atoms. The summed E-state index contributed by atoms with van der Waals surface area (Å²) in [6.07, 6.45) is 3.76. The highest BCUT2D eigenvalue weighted by molar-refractivity contribution is 8.00. The predicted octanol–water partition coefficient (Wildman–Crippen LogP) is 4.38. The Morgan fingerprint density at radius 2 is 2.16 bits per heavy atom. The topological polar surface area (TPSA) is 12.0 Å². The third kappa shape index (κ3) is 3.51. The molecule has 1 N–H and O–H groups in total. The molecule has 0 amide bonds. The average molecular weight is 281 g/mol. The van der Waals surface area contributed by atoms with Crippen molar-refractivity contribution < 1.29 is 4.39 Å². The molecule has 106 valence electrons. The zero-order chi connectivity index (χ0) is 13.8. The Bertz CT molecular complexity index is 404. The summed E-state index contributed by atoms with van der Waals surface area (Å²) < 4.78 is 14.4. The first-order chi connectivity index (χ1) is 9.13. The minimum atomic E-state index is -0.0466. The molecule has 0 aromatic heterocycles. The summed E-state index contributed by atoms with van der Waals surface area (Å²) in [5.74, 6) is 1.16. The van der Waals surface area contributed by atoms with Crippen LogP contribution in [-0.2, 0) is 0 Å². The fourth-order valence-corrected chi connectivity index (χ4v) is 4.42. The molecule has 1 fully saturated rings. The van der Waals surface area contributed by atoms with Gasteiger partial charge in [-0.25, -0.2) is 4.39 Å². The van der Waals surface area contributed by atoms with E-state index in [1.165, 1.54) is 25.0 Å². The predicted molar refractivity (Wildman–Crippen MR) is 82.4 cm³/mol. The number of benzene rings is 1. The van der Waals surface area contributed by atoms with Crippen LogP contribution in [-0.4, -0.2) is 17.5 Å². The van der Waals surface area contributed by atoms with Crippen molar-refractivity contribution >= 4 is 11.8 Å². The number of hydrogen-bond acceptors (Lipinski definition) is 2. The van der Waals surface area contributed by atoms with Gasteiger partial charge in [0, 0.05) is 16.9 Å². The van der Waals surface area contributed by atoms with Gasteiger partial charge in [0.25, 0.3) is 0 Å². The van der Waals surface area contributed by atoms with Crippen LogP contribution >= 0.6 is 11.8 Å². The van der Waals surface area contributed by atoms with Crippen LogP contribution in [0.3, 0.4) is 0 Å². The Morgan fingerprint density at radius 1 is 1.37 bits per heavy atom. The minimum absolute atomic E-state index is 0.0466. The highest BCUT2D eigenvalue weighted by Gasteiger charge is 2.28. The van der Waals surface area contributed by atoms with E-state index in [1.54, 1.807) is 6.07 Å². The monoisotopic (exact) mass is 281 g/mol. The van der Waals surface area contributed by atoms with E-state index in [2.05, 4.69) is 18.3 Å². The smallest absolute Gasteiger partial charge is 0.128 e. The summed E-state index contributed by atoms with van der Waals surface area (Å²) in [4.78, 5) is 0. The normalized spacial score (nSPS) is 21.4. The molecule has 0 spiro atoms. The summed E-state index contributed by atoms with van der Waals surface area (Å²) in [5, 5.41) is 4.01. The van der Waals surface area contributed by atoms with Crippen LogP contribution in [0.4, 0.5) is 4.39 Å². The third-order valence-corrected chi connectivity index (χ3v) is 5.26. The fraction of sp³-hybridized carbons (Fsp3) is 0.625. The molecule has 2 unspecified atom stereocenters. The van der Waals surface area contributed by atoms with Crippen molar-refractivity contribution in [2.75, 3.05) is 12.3 Å². The van der Waals surface area contributed by atoms with Gasteiger partial charge in [0.15, 0.2) is 0 Å². The number of aryl methyl sites for hydroxylation is 2. The number of thioether (sulfide) groups is 1. The lowest BCUT2D eigenvalue weighted by atomic mass is 9.94. The zero-order valence-corrected chi connectivity index (χ0v) is 12.9. The van der Waals surface area contributed by atoms with Gasteiger partial charge >= 0.3 is 0 Å². The number of halogens is 1. The summed E-state index contributed by atoms with van der Waals surface area (Å²) in [5.41, 5.74) is 2.96. The van der Waals surface area contributed by atoms with E-state index in [4.69, 9.17) is 0 Å². The summed E-state index contributed by atoms with van der Waals surface area (Å²) in [7, 11) is 0. The van der Waals surface area contributed by atoms with E-state index >= 15 is 0 Å². The number of rotatable bonds is 4. The first-order valence-electron chi connectivity index (χ1n) is 7.25. The van der Waals surface area contributed by atoms with E-state index in [0.29, 0.717) is 5.25 Å². The van der Waals surface area contributed by atoms with Crippen LogP contribution in [0.15, 0.2) is 12.1 Å². The molecule has 0 aliphatic carbocycles. The Morgan fingerprint density at radius 3 is 2.74 bits per heavy atom. The van der Waals surface area contributed by atoms with Gasteiger partial charge in [-0.15, -0.1) is 0 Å². The van der Waals surface area contributed by atoms with Gasteiger partial charge in [0.2, 0.25) is 0 Å². The van der Waals surface area contributed by atoms with Crippen molar-refractivity contribution in [3.05, 3.63) is 34.6 Å². The molecule has 3 heteroatoms. The van der Waals surface area contributed by atoms with Gasteiger partial charge < -0.3 is 5.32 Å². The zero-order valence-electron chi connectivity index (χ0n) is 12.1. The molecule has 2 atom stereocenters. The van der Waals surface area contributed by atoms with E-state index in [9.17, 15) is 4.39 Å². The molecule has 0 radical (unpaired) electrons. The van der Waals surface area contributed by atoms with Crippen LogP contribution in [0.25, 0.3) is 0 Å². The van der Waals surface area contributed by atoms with Crippen molar-refractivity contribution in [2.45, 2.75) is 51.3 Å². The Kier molecular flexibility index (Phi) is 5.28. The van der Waals surface area contributed by atoms with Gasteiger partial charge in [0.1, 0.15) is 5.82 Å². The second-order valence-electron chi connectivity index (χ2n) is 5.42. The molecule has 2 rings (SSSR count). The molecule has 1 heterocycles. The van der Waals surface area contributed by atoms with Crippen LogP contribution in [0.1, 0.15) is 48.9 Å². The quantitative estimate of drug-likeness (QED) is 0.879. The number of nitrogens with one attached hydrogen (secondary N) is 1. The van der Waals surface area contributed by atoms with E-state index in [0.717, 1.165) is 23.2 Å². The highest BCUT2D eigenvalue weighted by atomic mass is 32.2. The highest BCUT2D eigenvalue weighted by Crippen LogP contribution is 2.37. The molecule has 1 aromatic carbocycles. The van der Waals surface area contributed by atoms with Crippen molar-refractivity contribution in [3.63, 3.8) is 0 Å². The minimum Gasteiger partial charge on any atom is -0.309 e. The van der Waals surface area contributed by atoms with Crippen LogP contribution in [0.5, 0.6) is 0 Å². The van der Waals surface area contributed by atoms with Gasteiger partial charge in [-0.05, 0) is 56.2 Å². The largest absolute Gasteiger partial charge is 0.309 e. The van der Waals surface area contributed by atoms with Gasteiger partial charge in [-0.2, -0.15) is 11.8 Å². The van der Waals surface area contributed by atoms with Crippen LogP contribution < -0.4 is 5.32 Å². The van der Waals surface area contributed by atoms with Crippen molar-refractivity contribution in [2.24, 2.45) is 0 Å². The van der Waals surface area contributed by atoms with Gasteiger partial charge in [-0.3, -0.25) is 0 Å². The fourth-order valence-electron chi connectivity index (χ4n) is 2.99. The lowest BCUT2D eigenvalue weighted by molar-refractivity contribution is 0.466. The van der Waals surface area contributed by atoms with E-state index in [-0.39, 0.29) is 11.9 Å². The Hall–Kier alpha value is -0.540. The Balaban J connectivity index is 2.32. The summed E-state index contributed by atoms with van der Waals surface area (Å²) >= 11 is 2.00. The molecule has 1 saturated heterocycles. The second-order valence-corrected chi connectivity index (χ2v) is 6.76. The molecule has 1 aliphatic rings. The van der Waals surface area contributed by atoms with Crippen molar-refractivity contribution in [1.29, 1.82) is 0 Å². The second kappa shape index (κ2) is 6.76. The molecular weight excluding hydrogens is 257 g/mol. The van der Waals surface area contributed by atoms with E-state index in [1.807, 2.05) is 25.6 Å². The maximum atomic E-state index is 14.4. The molecular formula is C16H24FNS. The SMILES string of the molecule is CCNC(c1c(C)cc(C)cc1F)C1CCCCS1. The first kappa shape index (κ1) is 14.9. The van der Waals surface area contributed by atoms with E-state index < -0.39 is 0 Å². The lowest BCUT2D eigenvalue weighted by Gasteiger charge is -2.32. The van der Waals surface area contributed by atoms with Crippen molar-refractivity contribution in [1.82, 2.24) is 5.32 Å². The van der Waals surface area contributed by atoms with Gasteiger partial charge in [-0.1, -0.05) is 19.4 Å². The molecule has 0 saturated carbocycles. The first-order valence-corrected chi connectivity index (χ1v) is 8.30. The molecule has 1 aliphatic heterocycles. The van der Waals surface area contributed by atoms with Crippen LogP contribution in [0, 0.1) is 19.7 Å². The van der Waals surface area contributed by atoms with Crippen LogP contribution in [0.2, 0.25) is 0 Å². The lowest BCUT2D eigenvalue weighted by Crippen LogP contribution is -2.33. The summed E-state index contributed by atoms with van der Waals surface area (Å²) in [6, 6.07) is 3.91. The third-order valence-electron chi connectivity index (χ3n) is 3.80. The standard InChI is InChI=1S/C16H24FNS/c1-4-18-16(14-7-5-6-8-19-14)15-12(3)9-11(2)10-13(15)17/h9-10,14,16,18H,4-8H2,1-3H3. The number of hydrogen-bond donors (Lipinski definition) is 1. The van der Waals surface area contributed by atoms with Crippen molar-refractivity contribution in [3.8, 4) is 0 Å². The molecule has 1 nitrogen and oxygen atoms in total. The Labute approximate surface area is 120 Å². The summed E-state index contributed by atoms with van der Waals surface area (Å²) in [6.45, 7) is 6.97. The van der Waals surface area contributed by atoms with Gasteiger partial charge in [0.05, 0.1) is 0 Å². The molecule has 1 aromatic rings. The maximum Gasteiger partial charge on any atom is 0.128 e.